The molecule has 0 amide bonds. The molecule has 0 bridgehead atoms. The smallest absolute Gasteiger partial charge is 0.105 e. The molecule has 4 heteroatoms. The van der Waals surface area contributed by atoms with Crippen molar-refractivity contribution < 1.29 is 0 Å². The summed E-state index contributed by atoms with van der Waals surface area (Å²) >= 11 is 0. The van der Waals surface area contributed by atoms with Gasteiger partial charge in [0.15, 0.2) is 0 Å². The number of hydrogen-bond acceptors (Lipinski definition) is 3. The predicted octanol–water partition coefficient (Wildman–Crippen LogP) is 1.69. The van der Waals surface area contributed by atoms with Gasteiger partial charge in [0.25, 0.3) is 0 Å². The first-order valence-corrected chi connectivity index (χ1v) is 4.97. The van der Waals surface area contributed by atoms with Crippen LogP contribution in [0.3, 0.4) is 0 Å². The quantitative estimate of drug-likeness (QED) is 0.770. The molecule has 0 spiro atoms. The average molecular weight is 212 g/mol. The zero-order valence-electron chi connectivity index (χ0n) is 9.01. The number of nitriles is 1. The maximum atomic E-state index is 8.73. The summed E-state index contributed by atoms with van der Waals surface area (Å²) in [5, 5.41) is 8.73. The summed E-state index contributed by atoms with van der Waals surface area (Å²) in [5.74, 6) is 0.948. The summed E-state index contributed by atoms with van der Waals surface area (Å²) < 4.78 is 2.01. The van der Waals surface area contributed by atoms with E-state index in [1.54, 1.807) is 18.3 Å². The highest BCUT2D eigenvalue weighted by molar-refractivity contribution is 5.52. The summed E-state index contributed by atoms with van der Waals surface area (Å²) in [6, 6.07) is 7.42. The minimum atomic E-state index is 0.587. The fourth-order valence-corrected chi connectivity index (χ4v) is 1.56. The number of nitrogens with zero attached hydrogens (tertiary/aromatic N) is 3. The van der Waals surface area contributed by atoms with Gasteiger partial charge in [0, 0.05) is 18.1 Å². The van der Waals surface area contributed by atoms with Gasteiger partial charge in [-0.3, -0.25) is 0 Å². The second-order valence-corrected chi connectivity index (χ2v) is 3.63. The summed E-state index contributed by atoms with van der Waals surface area (Å²) in [6.07, 6.45) is 3.67. The Balaban J connectivity index is 2.30. The largest absolute Gasteiger partial charge is 0.398 e. The molecule has 0 fully saturated rings. The molecule has 0 aliphatic heterocycles. The van der Waals surface area contributed by atoms with Crippen LogP contribution in [0.25, 0.3) is 0 Å². The van der Waals surface area contributed by atoms with Crippen molar-refractivity contribution in [1.29, 1.82) is 5.26 Å². The van der Waals surface area contributed by atoms with E-state index >= 15 is 0 Å². The molecular weight excluding hydrogens is 200 g/mol. The normalized spacial score (nSPS) is 10.0. The van der Waals surface area contributed by atoms with Gasteiger partial charge in [-0.1, -0.05) is 6.07 Å². The molecule has 80 valence electrons. The standard InChI is InChI=1S/C12H12N4/c1-9-15-4-5-16(9)8-11-3-2-10(7-13)6-12(11)14/h2-6H,8,14H2,1H3. The van der Waals surface area contributed by atoms with Crippen molar-refractivity contribution in [3.63, 3.8) is 0 Å². The van der Waals surface area contributed by atoms with Crippen molar-refractivity contribution in [1.82, 2.24) is 9.55 Å². The van der Waals surface area contributed by atoms with Crippen molar-refractivity contribution in [3.8, 4) is 6.07 Å². The third-order valence-corrected chi connectivity index (χ3v) is 2.54. The van der Waals surface area contributed by atoms with Crippen molar-refractivity contribution in [3.05, 3.63) is 47.5 Å². The first-order chi connectivity index (χ1) is 7.70. The number of imidazole rings is 1. The molecule has 0 unspecified atom stereocenters. The molecule has 1 aromatic carbocycles. The highest BCUT2D eigenvalue weighted by Crippen LogP contribution is 2.15. The number of hydrogen-bond donors (Lipinski definition) is 1. The Morgan fingerprint density at radius 2 is 2.31 bits per heavy atom. The number of benzene rings is 1. The number of aromatic nitrogens is 2. The van der Waals surface area contributed by atoms with Gasteiger partial charge in [-0.15, -0.1) is 0 Å². The molecule has 4 nitrogen and oxygen atoms in total. The van der Waals surface area contributed by atoms with Gasteiger partial charge in [0.1, 0.15) is 5.82 Å². The minimum Gasteiger partial charge on any atom is -0.398 e. The van der Waals surface area contributed by atoms with Gasteiger partial charge in [-0.25, -0.2) is 4.98 Å². The number of aryl methyl sites for hydroxylation is 1. The lowest BCUT2D eigenvalue weighted by molar-refractivity contribution is 0.763. The first kappa shape index (κ1) is 10.2. The molecule has 0 saturated carbocycles. The zero-order valence-corrected chi connectivity index (χ0v) is 9.01. The summed E-state index contributed by atoms with van der Waals surface area (Å²) in [7, 11) is 0. The van der Waals surface area contributed by atoms with Crippen LogP contribution >= 0.6 is 0 Å². The van der Waals surface area contributed by atoms with Gasteiger partial charge in [-0.2, -0.15) is 5.26 Å². The SMILES string of the molecule is Cc1nccn1Cc1ccc(C#N)cc1N. The van der Waals surface area contributed by atoms with Crippen LogP contribution in [0.1, 0.15) is 17.0 Å². The third kappa shape index (κ3) is 1.89. The van der Waals surface area contributed by atoms with E-state index in [0.29, 0.717) is 17.8 Å². The number of anilines is 1. The molecule has 2 rings (SSSR count). The number of rotatable bonds is 2. The van der Waals surface area contributed by atoms with Crippen LogP contribution in [0.15, 0.2) is 30.6 Å². The topological polar surface area (TPSA) is 67.6 Å². The lowest BCUT2D eigenvalue weighted by Gasteiger charge is -2.08. The van der Waals surface area contributed by atoms with Crippen LogP contribution in [0, 0.1) is 18.3 Å². The van der Waals surface area contributed by atoms with E-state index < -0.39 is 0 Å². The van der Waals surface area contributed by atoms with Gasteiger partial charge < -0.3 is 10.3 Å². The fourth-order valence-electron chi connectivity index (χ4n) is 1.56. The van der Waals surface area contributed by atoms with E-state index in [4.69, 9.17) is 11.0 Å². The average Bonchev–Trinajstić information content (AvgIpc) is 2.67. The van der Waals surface area contributed by atoms with Crippen molar-refractivity contribution in [2.24, 2.45) is 0 Å². The van der Waals surface area contributed by atoms with Crippen molar-refractivity contribution in [2.75, 3.05) is 5.73 Å². The molecule has 2 N–H and O–H groups in total. The van der Waals surface area contributed by atoms with E-state index in [2.05, 4.69) is 11.1 Å². The maximum absolute atomic E-state index is 8.73. The summed E-state index contributed by atoms with van der Waals surface area (Å²) in [5.41, 5.74) is 8.11. The van der Waals surface area contributed by atoms with Crippen LogP contribution in [0.4, 0.5) is 5.69 Å². The predicted molar refractivity (Wildman–Crippen MR) is 61.6 cm³/mol. The fraction of sp³-hybridized carbons (Fsp3) is 0.167. The molecule has 0 radical (unpaired) electrons. The van der Waals surface area contributed by atoms with E-state index in [0.717, 1.165) is 11.4 Å². The van der Waals surface area contributed by atoms with Gasteiger partial charge in [0.05, 0.1) is 18.2 Å². The molecule has 0 atom stereocenters. The number of nitrogen functional groups attached to an aromatic ring is 1. The Bertz CT molecular complexity index is 548. The molecule has 0 aliphatic carbocycles. The van der Waals surface area contributed by atoms with Crippen LogP contribution < -0.4 is 5.73 Å². The van der Waals surface area contributed by atoms with Gasteiger partial charge >= 0.3 is 0 Å². The van der Waals surface area contributed by atoms with Gasteiger partial charge in [0.2, 0.25) is 0 Å². The molecule has 0 aliphatic rings. The Morgan fingerprint density at radius 1 is 1.50 bits per heavy atom. The molecule has 1 aromatic heterocycles. The lowest BCUT2D eigenvalue weighted by atomic mass is 10.1. The molecule has 0 saturated heterocycles. The first-order valence-electron chi connectivity index (χ1n) is 4.97. The van der Waals surface area contributed by atoms with Crippen LogP contribution in [-0.4, -0.2) is 9.55 Å². The Hall–Kier alpha value is -2.28. The highest BCUT2D eigenvalue weighted by Gasteiger charge is 2.03. The molecule has 2 aromatic rings. The monoisotopic (exact) mass is 212 g/mol. The second kappa shape index (κ2) is 4.07. The number of nitrogens with two attached hydrogens (primary N) is 1. The highest BCUT2D eigenvalue weighted by atomic mass is 15.0. The van der Waals surface area contributed by atoms with Crippen LogP contribution in [0.2, 0.25) is 0 Å². The third-order valence-electron chi connectivity index (χ3n) is 2.54. The van der Waals surface area contributed by atoms with Gasteiger partial charge in [-0.05, 0) is 24.6 Å². The maximum Gasteiger partial charge on any atom is 0.105 e. The zero-order chi connectivity index (χ0) is 11.5. The van der Waals surface area contributed by atoms with E-state index in [9.17, 15) is 0 Å². The summed E-state index contributed by atoms with van der Waals surface area (Å²) in [6.45, 7) is 2.63. The van der Waals surface area contributed by atoms with E-state index in [1.165, 1.54) is 0 Å². The van der Waals surface area contributed by atoms with Crippen LogP contribution in [0.5, 0.6) is 0 Å². The Morgan fingerprint density at radius 3 is 2.88 bits per heavy atom. The van der Waals surface area contributed by atoms with Crippen LogP contribution in [-0.2, 0) is 6.54 Å². The van der Waals surface area contributed by atoms with E-state index in [-0.39, 0.29) is 0 Å². The van der Waals surface area contributed by atoms with Crippen molar-refractivity contribution >= 4 is 5.69 Å². The summed E-state index contributed by atoms with van der Waals surface area (Å²) in [4.78, 5) is 4.15. The van der Waals surface area contributed by atoms with E-state index in [1.807, 2.05) is 23.8 Å². The minimum absolute atomic E-state index is 0.587. The van der Waals surface area contributed by atoms with Crippen molar-refractivity contribution in [2.45, 2.75) is 13.5 Å². The second-order valence-electron chi connectivity index (χ2n) is 3.63. The molecular formula is C12H12N4. The Kier molecular flexibility index (Phi) is 2.61. The lowest BCUT2D eigenvalue weighted by Crippen LogP contribution is -2.04. The molecule has 1 heterocycles. The Labute approximate surface area is 94.0 Å². The molecule has 16 heavy (non-hydrogen) atoms.